The summed E-state index contributed by atoms with van der Waals surface area (Å²) < 4.78 is 5.61. The molecule has 4 rings (SSSR count). The summed E-state index contributed by atoms with van der Waals surface area (Å²) in [6, 6.07) is 17.8. The number of rotatable bonds is 11. The van der Waals surface area contributed by atoms with E-state index in [1.807, 2.05) is 0 Å². The van der Waals surface area contributed by atoms with Crippen molar-refractivity contribution in [2.24, 2.45) is 17.8 Å². The van der Waals surface area contributed by atoms with Crippen LogP contribution < -0.4 is 4.74 Å². The molecule has 0 amide bonds. The van der Waals surface area contributed by atoms with E-state index in [1.165, 1.54) is 88.2 Å². The molecule has 2 aromatic carbocycles. The van der Waals surface area contributed by atoms with Crippen LogP contribution in [-0.2, 0) is 0 Å². The van der Waals surface area contributed by atoms with E-state index in [4.69, 9.17) is 4.74 Å². The molecule has 0 heterocycles. The van der Waals surface area contributed by atoms with Crippen LogP contribution in [0.15, 0.2) is 61.2 Å². The van der Waals surface area contributed by atoms with Crippen molar-refractivity contribution >= 4 is 0 Å². The first kappa shape index (κ1) is 24.1. The number of fused-ring (bicyclic) bond motifs is 1. The van der Waals surface area contributed by atoms with E-state index >= 15 is 0 Å². The maximum atomic E-state index is 5.61. The summed E-state index contributed by atoms with van der Waals surface area (Å²) in [5.74, 6) is 4.68. The van der Waals surface area contributed by atoms with Crippen LogP contribution >= 0.6 is 0 Å². The van der Waals surface area contributed by atoms with E-state index in [9.17, 15) is 0 Å². The highest BCUT2D eigenvalue weighted by Crippen LogP contribution is 2.48. The fourth-order valence-electron chi connectivity index (χ4n) is 6.43. The van der Waals surface area contributed by atoms with E-state index in [1.54, 1.807) is 11.6 Å². The van der Waals surface area contributed by atoms with Crippen molar-refractivity contribution in [1.29, 1.82) is 0 Å². The van der Waals surface area contributed by atoms with Crippen molar-refractivity contribution in [2.45, 2.75) is 89.9 Å². The Labute approximate surface area is 202 Å². The molecule has 1 nitrogen and oxygen atoms in total. The van der Waals surface area contributed by atoms with Gasteiger partial charge in [0, 0.05) is 0 Å². The molecule has 0 aliphatic heterocycles. The number of benzene rings is 2. The van der Waals surface area contributed by atoms with Gasteiger partial charge in [-0.2, -0.15) is 0 Å². The van der Waals surface area contributed by atoms with Crippen molar-refractivity contribution in [2.75, 3.05) is 6.61 Å². The van der Waals surface area contributed by atoms with Crippen LogP contribution in [0.4, 0.5) is 0 Å². The van der Waals surface area contributed by atoms with Crippen LogP contribution in [0.3, 0.4) is 0 Å². The first-order valence-electron chi connectivity index (χ1n) is 13.7. The van der Waals surface area contributed by atoms with Gasteiger partial charge in [0.25, 0.3) is 0 Å². The van der Waals surface area contributed by atoms with Crippen LogP contribution in [0.1, 0.15) is 95.5 Å². The van der Waals surface area contributed by atoms with Gasteiger partial charge < -0.3 is 4.74 Å². The summed E-state index contributed by atoms with van der Waals surface area (Å²) in [6.45, 7) is 6.57. The Hall–Kier alpha value is -2.02. The zero-order valence-corrected chi connectivity index (χ0v) is 20.8. The molecule has 2 saturated carbocycles. The summed E-state index contributed by atoms with van der Waals surface area (Å²) in [4.78, 5) is 0. The molecular formula is C32H44O. The van der Waals surface area contributed by atoms with Crippen LogP contribution in [-0.4, -0.2) is 6.61 Å². The molecule has 0 aromatic heterocycles. The van der Waals surface area contributed by atoms with Crippen molar-refractivity contribution in [3.63, 3.8) is 0 Å². The van der Waals surface area contributed by atoms with E-state index in [-0.39, 0.29) is 0 Å². The topological polar surface area (TPSA) is 9.23 Å². The number of hydrogen-bond donors (Lipinski definition) is 0. The summed E-state index contributed by atoms with van der Waals surface area (Å²) in [5.41, 5.74) is 4.10. The molecule has 0 N–H and O–H groups in total. The maximum Gasteiger partial charge on any atom is 0.119 e. The van der Waals surface area contributed by atoms with Crippen LogP contribution in [0.2, 0.25) is 0 Å². The standard InChI is InChI=1S/C32H44O/c1-3-5-6-7-8-9-25-10-11-31-24-30(17-16-29(31)23-25)28-14-12-26(13-15-28)27-18-20-32(21-19-27)33-22-4-2/h4,12-15,18-21,25,29-31H,2-3,5-11,16-17,22-24H2,1H3/t25?,29-,30-,31-/m1/s1. The molecule has 4 atom stereocenters. The van der Waals surface area contributed by atoms with E-state index in [0.29, 0.717) is 6.61 Å². The molecule has 1 heteroatoms. The molecule has 1 unspecified atom stereocenters. The Bertz CT molecular complexity index is 834. The lowest BCUT2D eigenvalue weighted by atomic mass is 9.63. The van der Waals surface area contributed by atoms with Crippen LogP contribution in [0.25, 0.3) is 11.1 Å². The molecule has 2 fully saturated rings. The first-order chi connectivity index (χ1) is 16.3. The lowest BCUT2D eigenvalue weighted by Crippen LogP contribution is -2.30. The van der Waals surface area contributed by atoms with Gasteiger partial charge in [0.05, 0.1) is 0 Å². The predicted molar refractivity (Wildman–Crippen MR) is 142 cm³/mol. The maximum absolute atomic E-state index is 5.61. The van der Waals surface area contributed by atoms with E-state index in [2.05, 4.69) is 62.0 Å². The lowest BCUT2D eigenvalue weighted by molar-refractivity contribution is 0.113. The monoisotopic (exact) mass is 444 g/mol. The number of hydrogen-bond acceptors (Lipinski definition) is 1. The normalized spacial score (nSPS) is 24.8. The molecule has 178 valence electrons. The zero-order chi connectivity index (χ0) is 22.9. The number of ether oxygens (including phenoxy) is 1. The second-order valence-electron chi connectivity index (χ2n) is 10.7. The van der Waals surface area contributed by atoms with Gasteiger partial charge in [-0.3, -0.25) is 0 Å². The second kappa shape index (κ2) is 12.4. The van der Waals surface area contributed by atoms with Gasteiger partial charge >= 0.3 is 0 Å². The lowest BCUT2D eigenvalue weighted by Gasteiger charge is -2.42. The Kier molecular flexibility index (Phi) is 9.09. The predicted octanol–water partition coefficient (Wildman–Crippen LogP) is 9.58. The fourth-order valence-corrected chi connectivity index (χ4v) is 6.43. The first-order valence-corrected chi connectivity index (χ1v) is 13.7. The highest BCUT2D eigenvalue weighted by atomic mass is 16.5. The minimum atomic E-state index is 0.553. The third-order valence-corrected chi connectivity index (χ3v) is 8.38. The van der Waals surface area contributed by atoms with Crippen molar-refractivity contribution < 1.29 is 4.74 Å². The van der Waals surface area contributed by atoms with E-state index < -0.39 is 0 Å². The molecule has 2 aliphatic carbocycles. The Morgan fingerprint density at radius 2 is 1.45 bits per heavy atom. The molecular weight excluding hydrogens is 400 g/mol. The van der Waals surface area contributed by atoms with Gasteiger partial charge in [0.15, 0.2) is 0 Å². The van der Waals surface area contributed by atoms with Crippen LogP contribution in [0.5, 0.6) is 5.75 Å². The van der Waals surface area contributed by atoms with Crippen molar-refractivity contribution in [1.82, 2.24) is 0 Å². The van der Waals surface area contributed by atoms with Gasteiger partial charge in [-0.1, -0.05) is 101 Å². The zero-order valence-electron chi connectivity index (χ0n) is 20.8. The molecule has 0 spiro atoms. The molecule has 33 heavy (non-hydrogen) atoms. The minimum Gasteiger partial charge on any atom is -0.490 e. The third kappa shape index (κ3) is 6.75. The average Bonchev–Trinajstić information content (AvgIpc) is 2.87. The average molecular weight is 445 g/mol. The Morgan fingerprint density at radius 3 is 2.18 bits per heavy atom. The van der Waals surface area contributed by atoms with Gasteiger partial charge in [0.1, 0.15) is 12.4 Å². The highest BCUT2D eigenvalue weighted by molar-refractivity contribution is 5.64. The SMILES string of the molecule is C=CCOc1ccc(-c2ccc([C@@H]3CC[C@@H]4CC(CCCCCCC)CC[C@@H]4C3)cc2)cc1. The third-order valence-electron chi connectivity index (χ3n) is 8.38. The summed E-state index contributed by atoms with van der Waals surface area (Å²) in [5, 5.41) is 0. The summed E-state index contributed by atoms with van der Waals surface area (Å²) in [6.07, 6.45) is 19.2. The Morgan fingerprint density at radius 1 is 0.788 bits per heavy atom. The van der Waals surface area contributed by atoms with Gasteiger partial charge in [-0.15, -0.1) is 0 Å². The quantitative estimate of drug-likeness (QED) is 0.247. The fraction of sp³-hybridized carbons (Fsp3) is 0.562. The van der Waals surface area contributed by atoms with Crippen molar-refractivity contribution in [3.8, 4) is 16.9 Å². The smallest absolute Gasteiger partial charge is 0.119 e. The molecule has 0 radical (unpaired) electrons. The molecule has 0 bridgehead atoms. The number of unbranched alkanes of at least 4 members (excludes halogenated alkanes) is 4. The summed E-state index contributed by atoms with van der Waals surface area (Å²) in [7, 11) is 0. The molecule has 2 aromatic rings. The Balaban J connectivity index is 1.26. The van der Waals surface area contributed by atoms with Gasteiger partial charge in [-0.25, -0.2) is 0 Å². The molecule has 2 aliphatic rings. The second-order valence-corrected chi connectivity index (χ2v) is 10.7. The molecule has 0 saturated heterocycles. The summed E-state index contributed by atoms with van der Waals surface area (Å²) >= 11 is 0. The largest absolute Gasteiger partial charge is 0.490 e. The van der Waals surface area contributed by atoms with Crippen molar-refractivity contribution in [3.05, 3.63) is 66.7 Å². The van der Waals surface area contributed by atoms with E-state index in [0.717, 1.165) is 29.4 Å². The minimum absolute atomic E-state index is 0.553. The highest BCUT2D eigenvalue weighted by Gasteiger charge is 2.35. The van der Waals surface area contributed by atoms with Gasteiger partial charge in [-0.05, 0) is 84.6 Å². The van der Waals surface area contributed by atoms with Crippen LogP contribution in [0, 0.1) is 17.8 Å². The van der Waals surface area contributed by atoms with Gasteiger partial charge in [0.2, 0.25) is 0 Å².